The second-order valence-electron chi connectivity index (χ2n) is 3.78. The molecule has 1 heterocycles. The third-order valence-electron chi connectivity index (χ3n) is 2.48. The number of pyridine rings is 1. The summed E-state index contributed by atoms with van der Waals surface area (Å²) >= 11 is 0. The zero-order chi connectivity index (χ0) is 14.3. The summed E-state index contributed by atoms with van der Waals surface area (Å²) in [6, 6.07) is 2.46. The first-order valence-corrected chi connectivity index (χ1v) is 7.13. The molecule has 0 amide bonds. The van der Waals surface area contributed by atoms with Gasteiger partial charge in [-0.2, -0.15) is 4.31 Å². The lowest BCUT2D eigenvalue weighted by Crippen LogP contribution is -2.36. The predicted octanol–water partition coefficient (Wildman–Crippen LogP) is -0.342. The van der Waals surface area contributed by atoms with Gasteiger partial charge < -0.3 is 14.5 Å². The fourth-order valence-corrected chi connectivity index (χ4v) is 2.82. The molecule has 0 aliphatic rings. The minimum atomic E-state index is -3.66. The van der Waals surface area contributed by atoms with Crippen molar-refractivity contribution in [2.45, 2.75) is 4.90 Å². The van der Waals surface area contributed by atoms with Crippen molar-refractivity contribution >= 4 is 10.0 Å². The Bertz CT molecular complexity index is 512. The average molecular weight is 290 g/mol. The number of hydrogen-bond acceptors (Lipinski definition) is 5. The molecular weight excluding hydrogens is 272 g/mol. The molecule has 0 saturated carbocycles. The van der Waals surface area contributed by atoms with Crippen LogP contribution in [-0.4, -0.2) is 58.2 Å². The molecule has 0 saturated heterocycles. The fourth-order valence-electron chi connectivity index (χ4n) is 1.44. The summed E-state index contributed by atoms with van der Waals surface area (Å²) in [7, 11) is -0.657. The first kappa shape index (κ1) is 15.8. The Balaban J connectivity index is 2.96. The van der Waals surface area contributed by atoms with Crippen molar-refractivity contribution in [3.63, 3.8) is 0 Å². The molecule has 0 aliphatic heterocycles. The Hall–Kier alpha value is -1.22. The van der Waals surface area contributed by atoms with Gasteiger partial charge in [0.05, 0.1) is 18.1 Å². The topological polar surface area (TPSA) is 88.7 Å². The van der Waals surface area contributed by atoms with E-state index in [1.54, 1.807) is 0 Å². The summed E-state index contributed by atoms with van der Waals surface area (Å²) in [4.78, 5) is 13.3. The molecule has 0 spiro atoms. The van der Waals surface area contributed by atoms with Crippen LogP contribution >= 0.6 is 0 Å². The molecule has 1 N–H and O–H groups in total. The first-order valence-electron chi connectivity index (χ1n) is 5.69. The summed E-state index contributed by atoms with van der Waals surface area (Å²) in [5.41, 5.74) is -0.348. The molecule has 0 aliphatic carbocycles. The van der Waals surface area contributed by atoms with E-state index < -0.39 is 10.0 Å². The minimum absolute atomic E-state index is 0.0410. The Morgan fingerprint density at radius 1 is 1.16 bits per heavy atom. The lowest BCUT2D eigenvalue weighted by atomic mass is 10.5. The highest BCUT2D eigenvalue weighted by atomic mass is 32.2. The Labute approximate surface area is 112 Å². The maximum atomic E-state index is 12.3. The van der Waals surface area contributed by atoms with Gasteiger partial charge in [0.15, 0.2) is 0 Å². The predicted molar refractivity (Wildman–Crippen MR) is 69.6 cm³/mol. The number of aromatic amines is 1. The average Bonchev–Trinajstić information content (AvgIpc) is 2.39. The summed E-state index contributed by atoms with van der Waals surface area (Å²) in [6.07, 6.45) is 1.18. The molecule has 1 aromatic heterocycles. The van der Waals surface area contributed by atoms with Crippen molar-refractivity contribution in [1.29, 1.82) is 0 Å². The van der Waals surface area contributed by atoms with E-state index in [1.807, 2.05) is 0 Å². The van der Waals surface area contributed by atoms with Crippen LogP contribution in [0.5, 0.6) is 0 Å². The highest BCUT2D eigenvalue weighted by molar-refractivity contribution is 7.89. The molecular formula is C11H18N2O5S. The van der Waals surface area contributed by atoms with E-state index in [0.717, 1.165) is 0 Å². The molecule has 0 unspecified atom stereocenters. The lowest BCUT2D eigenvalue weighted by molar-refractivity contribution is 0.150. The van der Waals surface area contributed by atoms with Crippen molar-refractivity contribution < 1.29 is 17.9 Å². The Morgan fingerprint density at radius 2 is 1.74 bits per heavy atom. The van der Waals surface area contributed by atoms with E-state index in [9.17, 15) is 13.2 Å². The van der Waals surface area contributed by atoms with E-state index in [4.69, 9.17) is 9.47 Å². The molecule has 1 aromatic rings. The maximum Gasteiger partial charge on any atom is 0.247 e. The lowest BCUT2D eigenvalue weighted by Gasteiger charge is -2.21. The third kappa shape index (κ3) is 4.43. The number of nitrogens with zero attached hydrogens (tertiary/aromatic N) is 1. The normalized spacial score (nSPS) is 11.9. The number of H-pyrrole nitrogens is 1. The number of hydrogen-bond donors (Lipinski definition) is 1. The fraction of sp³-hybridized carbons (Fsp3) is 0.545. The van der Waals surface area contributed by atoms with Crippen molar-refractivity contribution in [2.75, 3.05) is 40.5 Å². The van der Waals surface area contributed by atoms with Crippen LogP contribution in [-0.2, 0) is 19.5 Å². The van der Waals surface area contributed by atoms with Crippen LogP contribution in [0.25, 0.3) is 0 Å². The van der Waals surface area contributed by atoms with Crippen LogP contribution < -0.4 is 5.56 Å². The van der Waals surface area contributed by atoms with Gasteiger partial charge in [0.1, 0.15) is 0 Å². The van der Waals surface area contributed by atoms with Gasteiger partial charge in [-0.05, 0) is 6.07 Å². The van der Waals surface area contributed by atoms with Gasteiger partial charge in [-0.1, -0.05) is 0 Å². The highest BCUT2D eigenvalue weighted by Gasteiger charge is 2.23. The molecule has 0 aromatic carbocycles. The van der Waals surface area contributed by atoms with E-state index in [0.29, 0.717) is 0 Å². The quantitative estimate of drug-likeness (QED) is 0.707. The number of aromatic nitrogens is 1. The summed E-state index contributed by atoms with van der Waals surface area (Å²) in [5, 5.41) is 0. The van der Waals surface area contributed by atoms with E-state index in [1.165, 1.54) is 36.9 Å². The van der Waals surface area contributed by atoms with Gasteiger partial charge >= 0.3 is 0 Å². The molecule has 0 atom stereocenters. The highest BCUT2D eigenvalue weighted by Crippen LogP contribution is 2.12. The van der Waals surface area contributed by atoms with Gasteiger partial charge in [0.2, 0.25) is 15.6 Å². The van der Waals surface area contributed by atoms with Crippen LogP contribution in [0.2, 0.25) is 0 Å². The third-order valence-corrected chi connectivity index (χ3v) is 4.38. The van der Waals surface area contributed by atoms with Crippen LogP contribution in [0.1, 0.15) is 0 Å². The van der Waals surface area contributed by atoms with E-state index in [2.05, 4.69) is 4.98 Å². The molecule has 7 nitrogen and oxygen atoms in total. The van der Waals surface area contributed by atoms with Gasteiger partial charge in [-0.25, -0.2) is 8.42 Å². The standard InChI is InChI=1S/C11H18N2O5S/c1-17-7-5-13(6-8-18-2)19(15,16)10-3-4-11(14)12-9-10/h3-4,9H,5-8H2,1-2H3,(H,12,14). The van der Waals surface area contributed by atoms with Crippen molar-refractivity contribution in [3.8, 4) is 0 Å². The van der Waals surface area contributed by atoms with Crippen LogP contribution in [0.3, 0.4) is 0 Å². The smallest absolute Gasteiger partial charge is 0.247 e. The summed E-state index contributed by atoms with van der Waals surface area (Å²) < 4.78 is 35.7. The molecule has 19 heavy (non-hydrogen) atoms. The second kappa shape index (κ2) is 7.39. The van der Waals surface area contributed by atoms with Gasteiger partial charge in [0, 0.05) is 39.6 Å². The van der Waals surface area contributed by atoms with Crippen molar-refractivity contribution in [1.82, 2.24) is 9.29 Å². The summed E-state index contributed by atoms with van der Waals surface area (Å²) in [5.74, 6) is 0. The molecule has 1 rings (SSSR count). The molecule has 0 bridgehead atoms. The largest absolute Gasteiger partial charge is 0.383 e. The Kier molecular flexibility index (Phi) is 6.16. The van der Waals surface area contributed by atoms with Crippen molar-refractivity contribution in [2.24, 2.45) is 0 Å². The number of methoxy groups -OCH3 is 2. The van der Waals surface area contributed by atoms with Gasteiger partial charge in [0.25, 0.3) is 0 Å². The molecule has 0 radical (unpaired) electrons. The molecule has 0 fully saturated rings. The Morgan fingerprint density at radius 3 is 2.16 bits per heavy atom. The van der Waals surface area contributed by atoms with Crippen LogP contribution in [0.15, 0.2) is 28.0 Å². The second-order valence-corrected chi connectivity index (χ2v) is 5.72. The monoisotopic (exact) mass is 290 g/mol. The summed E-state index contributed by atoms with van der Waals surface area (Å²) in [6.45, 7) is 1.02. The van der Waals surface area contributed by atoms with Crippen LogP contribution in [0.4, 0.5) is 0 Å². The molecule has 8 heteroatoms. The minimum Gasteiger partial charge on any atom is -0.383 e. The number of nitrogens with one attached hydrogen (secondary N) is 1. The van der Waals surface area contributed by atoms with Gasteiger partial charge in [-0.15, -0.1) is 0 Å². The zero-order valence-corrected chi connectivity index (χ0v) is 11.8. The first-order chi connectivity index (χ1) is 9.02. The number of sulfonamides is 1. The number of rotatable bonds is 8. The maximum absolute atomic E-state index is 12.3. The van der Waals surface area contributed by atoms with Crippen LogP contribution in [0, 0.1) is 0 Å². The SMILES string of the molecule is COCCN(CCOC)S(=O)(=O)c1ccc(=O)[nH]c1. The van der Waals surface area contributed by atoms with E-state index >= 15 is 0 Å². The zero-order valence-electron chi connectivity index (χ0n) is 11.0. The van der Waals surface area contributed by atoms with Gasteiger partial charge in [-0.3, -0.25) is 4.79 Å². The number of ether oxygens (including phenoxy) is 2. The van der Waals surface area contributed by atoms with Crippen molar-refractivity contribution in [3.05, 3.63) is 28.7 Å². The molecule has 108 valence electrons. The van der Waals surface area contributed by atoms with E-state index in [-0.39, 0.29) is 36.8 Å².